The molecule has 0 spiro atoms. The van der Waals surface area contributed by atoms with Crippen molar-refractivity contribution in [3.05, 3.63) is 108 Å². The summed E-state index contributed by atoms with van der Waals surface area (Å²) in [6, 6.07) is 14.6. The van der Waals surface area contributed by atoms with E-state index in [-0.39, 0.29) is 0 Å². The van der Waals surface area contributed by atoms with E-state index in [0.717, 1.165) is 5.56 Å². The van der Waals surface area contributed by atoms with Gasteiger partial charge in [-0.2, -0.15) is 0 Å². The summed E-state index contributed by atoms with van der Waals surface area (Å²) < 4.78 is 1.90. The van der Waals surface area contributed by atoms with Gasteiger partial charge in [0.25, 0.3) is 0 Å². The lowest BCUT2D eigenvalue weighted by Gasteiger charge is -2.05. The fourth-order valence-corrected chi connectivity index (χ4v) is 2.78. The normalized spacial score (nSPS) is 13.8. The lowest BCUT2D eigenvalue weighted by molar-refractivity contribution is -0.603. The van der Waals surface area contributed by atoms with Crippen LogP contribution in [0.2, 0.25) is 0 Å². The summed E-state index contributed by atoms with van der Waals surface area (Å²) in [6.07, 6.45) is 20.3. The van der Waals surface area contributed by atoms with E-state index in [1.54, 1.807) is 12.4 Å². The van der Waals surface area contributed by atoms with E-state index in [0.29, 0.717) is 11.9 Å². The summed E-state index contributed by atoms with van der Waals surface area (Å²) in [6.45, 7) is 0. The lowest BCUT2D eigenvalue weighted by atomic mass is 9.99. The minimum Gasteiger partial charge on any atom is -0.206 e. The van der Waals surface area contributed by atoms with E-state index in [1.807, 2.05) is 23.0 Å². The maximum atomic E-state index is 4.24. The summed E-state index contributed by atoms with van der Waals surface area (Å²) in [4.78, 5) is 8.47. The van der Waals surface area contributed by atoms with E-state index >= 15 is 0 Å². The average molecular weight is 324 g/mol. The first-order chi connectivity index (χ1) is 12.4. The smallest absolute Gasteiger partial charge is 0.206 e. The number of rotatable bonds is 4. The number of hydrogen-bond donors (Lipinski definition) is 0. The molecule has 1 aliphatic rings. The standard InChI is InChI=1S/C22H18N3/c1-2-5-20(4-1)21-10-8-18(9-11-21)6-7-19-12-16-25(17-13-19)22-23-14-3-15-24-22/h1-17,20H/q+1/b7-6+. The second-order valence-electron chi connectivity index (χ2n) is 5.88. The van der Waals surface area contributed by atoms with E-state index in [1.165, 1.54) is 11.1 Å². The van der Waals surface area contributed by atoms with E-state index < -0.39 is 0 Å². The summed E-state index contributed by atoms with van der Waals surface area (Å²) in [5.74, 6) is 1.09. The molecule has 3 nitrogen and oxygen atoms in total. The molecule has 1 aliphatic carbocycles. The topological polar surface area (TPSA) is 29.7 Å². The van der Waals surface area contributed by atoms with E-state index in [9.17, 15) is 0 Å². The van der Waals surface area contributed by atoms with Crippen LogP contribution in [-0.4, -0.2) is 9.97 Å². The first kappa shape index (κ1) is 15.2. The van der Waals surface area contributed by atoms with Gasteiger partial charge in [0.1, 0.15) is 12.4 Å². The van der Waals surface area contributed by atoms with Gasteiger partial charge < -0.3 is 0 Å². The molecule has 3 aromatic rings. The third kappa shape index (κ3) is 3.61. The highest BCUT2D eigenvalue weighted by atomic mass is 15.1. The highest BCUT2D eigenvalue weighted by Crippen LogP contribution is 2.23. The summed E-state index contributed by atoms with van der Waals surface area (Å²) >= 11 is 0. The zero-order chi connectivity index (χ0) is 16.9. The van der Waals surface area contributed by atoms with Crippen LogP contribution in [0.3, 0.4) is 0 Å². The van der Waals surface area contributed by atoms with Crippen molar-refractivity contribution in [1.82, 2.24) is 9.97 Å². The van der Waals surface area contributed by atoms with Gasteiger partial charge in [-0.15, -0.1) is 0 Å². The second-order valence-corrected chi connectivity index (χ2v) is 5.88. The van der Waals surface area contributed by atoms with E-state index in [4.69, 9.17) is 0 Å². The first-order valence-electron chi connectivity index (χ1n) is 8.30. The first-order valence-corrected chi connectivity index (χ1v) is 8.30. The minimum atomic E-state index is 0.419. The summed E-state index contributed by atoms with van der Waals surface area (Å²) in [5.41, 5.74) is 3.65. The van der Waals surface area contributed by atoms with Crippen LogP contribution in [0, 0.1) is 0 Å². The molecular weight excluding hydrogens is 306 g/mol. The Morgan fingerprint density at radius 1 is 0.760 bits per heavy atom. The van der Waals surface area contributed by atoms with Crippen LogP contribution >= 0.6 is 0 Å². The fourth-order valence-electron chi connectivity index (χ4n) is 2.78. The third-order valence-corrected chi connectivity index (χ3v) is 4.18. The third-order valence-electron chi connectivity index (χ3n) is 4.18. The Hall–Kier alpha value is -3.33. The molecule has 2 heterocycles. The number of nitrogens with zero attached hydrogens (tertiary/aromatic N) is 3. The number of benzene rings is 1. The van der Waals surface area contributed by atoms with Gasteiger partial charge >= 0.3 is 5.95 Å². The van der Waals surface area contributed by atoms with Gasteiger partial charge in [0.2, 0.25) is 0 Å². The predicted molar refractivity (Wildman–Crippen MR) is 100.0 cm³/mol. The monoisotopic (exact) mass is 324 g/mol. The van der Waals surface area contributed by atoms with Gasteiger partial charge in [-0.05, 0) is 28.8 Å². The molecule has 0 radical (unpaired) electrons. The zero-order valence-electron chi connectivity index (χ0n) is 13.7. The molecule has 2 aromatic heterocycles. The van der Waals surface area contributed by atoms with Crippen molar-refractivity contribution in [2.75, 3.05) is 0 Å². The molecule has 120 valence electrons. The van der Waals surface area contributed by atoms with Crippen molar-refractivity contribution >= 4 is 12.2 Å². The number of aromatic nitrogens is 3. The fraction of sp³-hybridized carbons (Fsp3) is 0.0455. The molecule has 0 unspecified atom stereocenters. The lowest BCUT2D eigenvalue weighted by Crippen LogP contribution is -2.31. The van der Waals surface area contributed by atoms with Crippen LogP contribution in [0.5, 0.6) is 0 Å². The Labute approximate surface area is 147 Å². The van der Waals surface area contributed by atoms with Crippen molar-refractivity contribution in [3.63, 3.8) is 0 Å². The van der Waals surface area contributed by atoms with E-state index in [2.05, 4.69) is 82.8 Å². The molecular formula is C22H18N3+. The SMILES string of the molecule is C1=CC(c2ccc(/C=C/c3cc[n+](-c4ncccn4)cc3)cc2)C=C1. The Kier molecular flexibility index (Phi) is 4.29. The van der Waals surface area contributed by atoms with Crippen molar-refractivity contribution in [1.29, 1.82) is 0 Å². The van der Waals surface area contributed by atoms with Crippen LogP contribution in [0.1, 0.15) is 22.6 Å². The van der Waals surface area contributed by atoms with Crippen LogP contribution in [0.15, 0.2) is 91.6 Å². The molecule has 0 saturated heterocycles. The summed E-state index contributed by atoms with van der Waals surface area (Å²) in [7, 11) is 0. The molecule has 4 rings (SSSR count). The van der Waals surface area contributed by atoms with Crippen LogP contribution in [0.25, 0.3) is 18.1 Å². The van der Waals surface area contributed by atoms with Crippen LogP contribution in [0.4, 0.5) is 0 Å². The second kappa shape index (κ2) is 7.05. The Balaban J connectivity index is 1.46. The van der Waals surface area contributed by atoms with Gasteiger partial charge in [0.05, 0.1) is 12.4 Å². The Morgan fingerprint density at radius 3 is 2.00 bits per heavy atom. The Morgan fingerprint density at radius 2 is 1.36 bits per heavy atom. The van der Waals surface area contributed by atoms with Crippen molar-refractivity contribution in [2.45, 2.75) is 5.92 Å². The van der Waals surface area contributed by atoms with Gasteiger partial charge in [0, 0.05) is 12.0 Å². The molecule has 0 N–H and O–H groups in total. The predicted octanol–water partition coefficient (Wildman–Crippen LogP) is 4.13. The number of allylic oxidation sites excluding steroid dienone is 4. The number of hydrogen-bond acceptors (Lipinski definition) is 2. The highest BCUT2D eigenvalue weighted by molar-refractivity contribution is 5.69. The molecule has 3 heteroatoms. The molecule has 1 aromatic carbocycles. The molecule has 0 bridgehead atoms. The Bertz CT molecular complexity index is 909. The maximum absolute atomic E-state index is 4.24. The molecule has 0 aliphatic heterocycles. The quantitative estimate of drug-likeness (QED) is 0.675. The molecule has 0 atom stereocenters. The van der Waals surface area contributed by atoms with Crippen molar-refractivity contribution in [2.24, 2.45) is 0 Å². The molecule has 0 fully saturated rings. The maximum Gasteiger partial charge on any atom is 0.437 e. The zero-order valence-corrected chi connectivity index (χ0v) is 13.7. The molecule has 0 amide bonds. The van der Waals surface area contributed by atoms with Crippen molar-refractivity contribution in [3.8, 4) is 5.95 Å². The van der Waals surface area contributed by atoms with Crippen LogP contribution in [-0.2, 0) is 0 Å². The minimum absolute atomic E-state index is 0.419. The molecule has 25 heavy (non-hydrogen) atoms. The largest absolute Gasteiger partial charge is 0.437 e. The highest BCUT2D eigenvalue weighted by Gasteiger charge is 2.07. The van der Waals surface area contributed by atoms with Gasteiger partial charge in [-0.1, -0.05) is 70.7 Å². The average Bonchev–Trinajstić information content (AvgIpc) is 3.23. The summed E-state index contributed by atoms with van der Waals surface area (Å²) in [5, 5.41) is 0. The van der Waals surface area contributed by atoms with Gasteiger partial charge in [0.15, 0.2) is 0 Å². The van der Waals surface area contributed by atoms with Gasteiger partial charge in [-0.3, -0.25) is 0 Å². The van der Waals surface area contributed by atoms with Crippen LogP contribution < -0.4 is 4.57 Å². The van der Waals surface area contributed by atoms with Gasteiger partial charge in [-0.25, -0.2) is 4.57 Å². The number of pyridine rings is 1. The van der Waals surface area contributed by atoms with Crippen molar-refractivity contribution < 1.29 is 4.57 Å². The molecule has 0 saturated carbocycles.